The Morgan fingerprint density at radius 3 is 1.53 bits per heavy atom. The number of aromatic nitrogens is 4. The first kappa shape index (κ1) is 87.7. The van der Waals surface area contributed by atoms with Gasteiger partial charge in [0, 0.05) is 41.3 Å². The number of amides is 5. The highest BCUT2D eigenvalue weighted by Crippen LogP contribution is 2.48. The Bertz CT molecular complexity index is 4630. The van der Waals surface area contributed by atoms with Crippen molar-refractivity contribution >= 4 is 64.4 Å². The van der Waals surface area contributed by atoms with Gasteiger partial charge >= 0.3 is 12.4 Å². The molecule has 6 heterocycles. The van der Waals surface area contributed by atoms with Gasteiger partial charge in [-0.05, 0) is 184 Å². The number of unbranched alkanes of at least 4 members (excludes halogenated alkanes) is 4. The number of guanidine groups is 4. The van der Waals surface area contributed by atoms with Crippen molar-refractivity contribution in [3.05, 3.63) is 195 Å². The Labute approximate surface area is 672 Å². The number of halogens is 8. The molecule has 9 N–H and O–H groups in total. The van der Waals surface area contributed by atoms with Gasteiger partial charge in [-0.3, -0.25) is 43.6 Å². The minimum atomic E-state index is -4.48. The summed E-state index contributed by atoms with van der Waals surface area (Å²) in [6.45, 7) is 9.45. The third-order valence-corrected chi connectivity index (χ3v) is 23.7. The lowest BCUT2D eigenvalue weighted by Crippen LogP contribution is -2.52. The summed E-state index contributed by atoms with van der Waals surface area (Å²) in [6, 6.07) is 25.9. The minimum Gasteiger partial charge on any atom is -0.369 e. The molecular formula is C86H107F8N17O5. The third kappa shape index (κ3) is 19.9. The fourth-order valence-electron chi connectivity index (χ4n) is 16.7. The van der Waals surface area contributed by atoms with Gasteiger partial charge in [-0.15, -0.1) is 0 Å². The van der Waals surface area contributed by atoms with Crippen molar-refractivity contribution in [1.82, 2.24) is 44.7 Å². The molecule has 1 unspecified atom stereocenters. The quantitative estimate of drug-likeness (QED) is 0.0351. The molecule has 22 nitrogen and oxygen atoms in total. The van der Waals surface area contributed by atoms with Crippen LogP contribution in [0.4, 0.5) is 35.1 Å². The maximum absolute atomic E-state index is 14.4. The van der Waals surface area contributed by atoms with E-state index in [2.05, 4.69) is 49.3 Å². The lowest BCUT2D eigenvalue weighted by Gasteiger charge is -2.41. The largest absolute Gasteiger partial charge is 0.416 e. The molecule has 6 aliphatic rings. The average molecular weight is 1610 g/mol. The number of imidazole rings is 1. The topological polar surface area (TPSA) is 307 Å². The second-order valence-corrected chi connectivity index (χ2v) is 32.0. The summed E-state index contributed by atoms with van der Waals surface area (Å²) in [5.41, 5.74) is 24.9. The van der Waals surface area contributed by atoms with Crippen molar-refractivity contribution in [2.75, 3.05) is 28.2 Å². The van der Waals surface area contributed by atoms with E-state index in [0.717, 1.165) is 118 Å². The maximum Gasteiger partial charge on any atom is 0.416 e. The number of carbonyl (C=O) groups is 5. The first-order chi connectivity index (χ1) is 54.8. The number of fused-ring (bicyclic) bond motifs is 1. The first-order valence-corrected chi connectivity index (χ1v) is 39.8. The van der Waals surface area contributed by atoms with Crippen molar-refractivity contribution in [3.8, 4) is 0 Å². The van der Waals surface area contributed by atoms with E-state index >= 15 is 0 Å². The summed E-state index contributed by atoms with van der Waals surface area (Å²) >= 11 is 0. The zero-order valence-corrected chi connectivity index (χ0v) is 67.6. The highest BCUT2D eigenvalue weighted by molar-refractivity contribution is 6.07. The number of benzene rings is 5. The summed E-state index contributed by atoms with van der Waals surface area (Å²) < 4.78 is 109. The second kappa shape index (κ2) is 36.6. The van der Waals surface area contributed by atoms with Crippen molar-refractivity contribution in [2.45, 2.75) is 222 Å². The zero-order chi connectivity index (χ0) is 84.4. The van der Waals surface area contributed by atoms with E-state index in [0.29, 0.717) is 82.4 Å². The molecule has 622 valence electrons. The molecule has 0 radical (unpaired) electrons. The smallest absolute Gasteiger partial charge is 0.369 e. The zero-order valence-electron chi connectivity index (χ0n) is 67.6. The first-order valence-electron chi connectivity index (χ1n) is 39.8. The van der Waals surface area contributed by atoms with Crippen molar-refractivity contribution < 1.29 is 59.1 Å². The third-order valence-electron chi connectivity index (χ3n) is 23.7. The van der Waals surface area contributed by atoms with Crippen molar-refractivity contribution in [2.24, 2.45) is 61.8 Å². The molecule has 116 heavy (non-hydrogen) atoms. The van der Waals surface area contributed by atoms with Gasteiger partial charge in [0.15, 0.2) is 23.8 Å². The molecule has 2 saturated carbocycles. The highest BCUT2D eigenvalue weighted by atomic mass is 19.4. The van der Waals surface area contributed by atoms with E-state index in [1.54, 1.807) is 64.6 Å². The molecule has 13 rings (SSSR count). The van der Waals surface area contributed by atoms with Gasteiger partial charge < -0.3 is 32.8 Å². The Balaban J connectivity index is 0.000000165. The molecule has 5 aromatic carbocycles. The van der Waals surface area contributed by atoms with Gasteiger partial charge in [-0.1, -0.05) is 139 Å². The number of nitrogens with two attached hydrogens (primary N) is 4. The SMILES string of the molecule is CCCCCc1cc([C@@]2(C)N=C(N)N(C)C(=O)[C@@H]2c2ccc(C(F)(F)F)cc2)ccc1F.CCCCCc1cc([C@@]2(C)N=C(N)N(C)C(=O)[C@H]2c2ccc(C(F)(F)F)cc2)ccc1F.CN1C(=O)CC(C)(c2ccc3c(c2)ncn3C)N=C1N.CN1C(=O)[C@@](CCC2CCCCC2)(C[C@H]2CCC[C@@H](NC(=O)c3ccnnc3)C2)N=C1N. The Hall–Kier alpha value is -10.7. The molecule has 30 heteroatoms. The molecule has 0 saturated heterocycles. The minimum absolute atomic E-state index is 0.00230. The Morgan fingerprint density at radius 2 is 1.05 bits per heavy atom. The molecule has 4 aliphatic heterocycles. The summed E-state index contributed by atoms with van der Waals surface area (Å²) in [4.78, 5) is 92.4. The van der Waals surface area contributed by atoms with Crippen LogP contribution in [0.2, 0.25) is 0 Å². The van der Waals surface area contributed by atoms with Gasteiger partial charge in [-0.2, -0.15) is 36.5 Å². The number of rotatable bonds is 20. The van der Waals surface area contributed by atoms with Crippen molar-refractivity contribution in [1.29, 1.82) is 0 Å². The normalized spacial score (nSPS) is 23.9. The summed E-state index contributed by atoms with van der Waals surface area (Å²) in [5.74, 6) is -1.78. The van der Waals surface area contributed by atoms with Crippen LogP contribution >= 0.6 is 0 Å². The number of aryl methyl sites for hydroxylation is 3. The maximum atomic E-state index is 14.4. The molecule has 2 aliphatic carbocycles. The lowest BCUT2D eigenvalue weighted by atomic mass is 9.74. The molecule has 5 amide bonds. The highest BCUT2D eigenvalue weighted by Gasteiger charge is 2.51. The van der Waals surface area contributed by atoms with Crippen LogP contribution in [0.3, 0.4) is 0 Å². The van der Waals surface area contributed by atoms with E-state index in [4.69, 9.17) is 27.9 Å². The molecule has 8 atom stereocenters. The molecule has 0 bridgehead atoms. The fraction of sp³-hybridized carbons (Fsp3) is 0.488. The van der Waals surface area contributed by atoms with Crippen LogP contribution in [0, 0.1) is 23.5 Å². The number of hydrogen-bond acceptors (Lipinski definition) is 16. The lowest BCUT2D eigenvalue weighted by molar-refractivity contribution is -0.138. The number of likely N-dealkylation sites (N-methyl/N-ethyl adjacent to an activating group) is 3. The predicted molar refractivity (Wildman–Crippen MR) is 431 cm³/mol. The van der Waals surface area contributed by atoms with E-state index in [1.807, 2.05) is 36.7 Å². The standard InChI is InChI=1S/2C24H27F4N3O.C24H36N6O2.C14H17N5O/c2*1-4-5-6-7-16-14-18(12-13-19(16)25)23(2)20(21(32)31(3)22(29)30-23)15-8-10-17(11-9-15)24(26,27)28;1-30-22(32)24(29-23(30)25,12-10-17-6-3-2-4-7-17)15-18-8-5-9-20(14-18)28-21(31)19-11-13-26-27-16-19;1-14(7-12(20)19(3)13(15)17-14)9-4-5-11-10(6-9)16-8-18(11)2/h2*8-14,20H,4-7H2,1-3H3,(H2,29,30);11,13,16-18,20H,2-10,12,14-15H2,1H3,(H2,25,29)(H,28,31);4-6,8H,7H2,1-3H3,(H2,15,17)/t20-,23+;20-,23-;18-,20+,24+;/m010./s1. The molecular weight excluding hydrogens is 1500 g/mol. The second-order valence-electron chi connectivity index (χ2n) is 32.0. The number of hydrogen-bond donors (Lipinski definition) is 5. The molecule has 7 aromatic rings. The number of carbonyl (C=O) groups excluding carboxylic acids is 5. The number of nitrogens with zero attached hydrogens (tertiary/aromatic N) is 12. The van der Waals surface area contributed by atoms with Gasteiger partial charge in [0.05, 0.1) is 70.2 Å². The van der Waals surface area contributed by atoms with Gasteiger partial charge in [-0.25, -0.2) is 33.7 Å². The predicted octanol–water partition coefficient (Wildman–Crippen LogP) is 14.7. The fourth-order valence-corrected chi connectivity index (χ4v) is 16.7. The van der Waals surface area contributed by atoms with Crippen LogP contribution in [0.15, 0.2) is 148 Å². The average Bonchev–Trinajstić information content (AvgIpc) is 1.07. The molecule has 2 fully saturated rings. The number of alkyl halides is 6. The van der Waals surface area contributed by atoms with Gasteiger partial charge in [0.2, 0.25) is 17.7 Å². The number of nitrogens with one attached hydrogen (secondary N) is 1. The molecule has 0 spiro atoms. The monoisotopic (exact) mass is 1610 g/mol. The van der Waals surface area contributed by atoms with Crippen LogP contribution in [-0.4, -0.2) is 132 Å². The van der Waals surface area contributed by atoms with Crippen molar-refractivity contribution in [3.63, 3.8) is 0 Å². The number of aliphatic imine (C=N–C) groups is 4. The Morgan fingerprint density at radius 1 is 0.552 bits per heavy atom. The van der Waals surface area contributed by atoms with E-state index in [-0.39, 0.29) is 53.3 Å². The van der Waals surface area contributed by atoms with Crippen LogP contribution in [0.25, 0.3) is 11.0 Å². The van der Waals surface area contributed by atoms with Crippen LogP contribution in [-0.2, 0) is 68.0 Å². The van der Waals surface area contributed by atoms with E-state index in [1.165, 1.54) is 115 Å². The van der Waals surface area contributed by atoms with E-state index in [9.17, 15) is 59.1 Å². The Kier molecular flexibility index (Phi) is 27.7. The van der Waals surface area contributed by atoms with Gasteiger partial charge in [0.25, 0.3) is 11.8 Å². The van der Waals surface area contributed by atoms with Crippen LogP contribution < -0.4 is 28.3 Å². The summed E-state index contributed by atoms with van der Waals surface area (Å²) in [5, 5.41) is 10.7. The summed E-state index contributed by atoms with van der Waals surface area (Å²) in [6.07, 6.45) is 15.7. The summed E-state index contributed by atoms with van der Waals surface area (Å²) in [7, 11) is 8.27. The van der Waals surface area contributed by atoms with Gasteiger partial charge in [0.1, 0.15) is 28.3 Å². The van der Waals surface area contributed by atoms with Crippen LogP contribution in [0.5, 0.6) is 0 Å². The van der Waals surface area contributed by atoms with E-state index < -0.39 is 69.3 Å². The van der Waals surface area contributed by atoms with Crippen LogP contribution in [0.1, 0.15) is 229 Å². The molecule has 2 aromatic heterocycles.